The average molecular weight is 949 g/mol. The number of carbonyl (C=O) groups is 2. The minimum atomic E-state index is -4.90. The number of esters is 2. The molecule has 0 bridgehead atoms. The Morgan fingerprint density at radius 1 is 0.656 bits per heavy atom. The van der Waals surface area contributed by atoms with Gasteiger partial charge in [-0.1, -0.05) is 119 Å². The number of phosphoric ester groups is 2. The van der Waals surface area contributed by atoms with Gasteiger partial charge in [0.05, 0.1) is 38.1 Å². The average Bonchev–Trinajstić information content (AvgIpc) is 3.51. The fourth-order valence-corrected chi connectivity index (χ4v) is 7.78. The Hall–Kier alpha value is -2.56. The quantitative estimate of drug-likeness (QED) is 0.0133. The van der Waals surface area contributed by atoms with Gasteiger partial charge in [0.15, 0.2) is 6.10 Å². The number of phosphoric acid groups is 2. The zero-order chi connectivity index (χ0) is 47.5. The van der Waals surface area contributed by atoms with E-state index in [1.54, 1.807) is 12.2 Å². The third-order valence-electron chi connectivity index (χ3n) is 10.1. The zero-order valence-corrected chi connectivity index (χ0v) is 39.7. The van der Waals surface area contributed by atoms with E-state index < -0.39 is 84.5 Å². The van der Waals surface area contributed by atoms with Crippen LogP contribution in [0.5, 0.6) is 0 Å². The van der Waals surface area contributed by atoms with E-state index in [0.29, 0.717) is 32.1 Å². The molecule has 18 heteroatoms. The second-order valence-corrected chi connectivity index (χ2v) is 18.6. The molecule has 0 aliphatic heterocycles. The van der Waals surface area contributed by atoms with E-state index in [1.165, 1.54) is 0 Å². The van der Waals surface area contributed by atoms with Crippen LogP contribution in [0.2, 0.25) is 0 Å². The Bertz CT molecular complexity index is 1520. The Kier molecular flexibility index (Phi) is 34.0. The predicted molar refractivity (Wildman–Crippen MR) is 245 cm³/mol. The van der Waals surface area contributed by atoms with Crippen molar-refractivity contribution in [3.8, 4) is 0 Å². The number of aliphatic hydroxyl groups excluding tert-OH is 4. The SMILES string of the molecule is CC/C=C\C/C=C\C/C=C\C/C=C\CCCCCCC(=O)OC[C@H](COP(=O)(O)OC[C@@H](O)COP(=O)(O)O)OC(=O)CCC/C=C/C[C@@H]1[C@@H](/C=C/[C@@H](O)CCCCC)[C@H](O)C[C@@H]1O. The van der Waals surface area contributed by atoms with Crippen LogP contribution < -0.4 is 0 Å². The summed E-state index contributed by atoms with van der Waals surface area (Å²) < 4.78 is 47.8. The first kappa shape index (κ1) is 59.5. The van der Waals surface area contributed by atoms with Crippen molar-refractivity contribution in [1.29, 1.82) is 0 Å². The zero-order valence-electron chi connectivity index (χ0n) is 37.9. The van der Waals surface area contributed by atoms with Gasteiger partial charge in [0, 0.05) is 25.2 Å². The summed E-state index contributed by atoms with van der Waals surface area (Å²) in [7, 11) is -9.79. The third kappa shape index (κ3) is 33.0. The minimum absolute atomic E-state index is 0.0548. The van der Waals surface area contributed by atoms with Crippen molar-refractivity contribution in [2.24, 2.45) is 11.8 Å². The molecule has 16 nitrogen and oxygen atoms in total. The molecule has 1 fully saturated rings. The first-order chi connectivity index (χ1) is 30.6. The van der Waals surface area contributed by atoms with Gasteiger partial charge in [-0.15, -0.1) is 0 Å². The van der Waals surface area contributed by atoms with Gasteiger partial charge in [-0.3, -0.25) is 23.2 Å². The van der Waals surface area contributed by atoms with E-state index in [9.17, 15) is 44.0 Å². The normalized spacial score (nSPS) is 21.0. The largest absolute Gasteiger partial charge is 0.472 e. The second-order valence-electron chi connectivity index (χ2n) is 15.9. The van der Waals surface area contributed by atoms with Gasteiger partial charge in [0.2, 0.25) is 0 Å². The van der Waals surface area contributed by atoms with Crippen molar-refractivity contribution >= 4 is 27.6 Å². The molecule has 1 rings (SSSR count). The maximum atomic E-state index is 12.8. The summed E-state index contributed by atoms with van der Waals surface area (Å²) in [6, 6.07) is 0. The standard InChI is InChI=1S/C46H78O16P2/c1-3-5-7-8-9-10-11-12-13-14-15-16-17-18-19-20-25-29-45(51)58-36-40(37-61-64(56,57)60-35-39(48)34-59-63(53,54)55)62-46(52)30-26-22-21-24-28-41-42(44(50)33-43(41)49)32-31-38(47)27-23-6-4-2/h5,7,9-10,12-13,15-16,21,24,31-32,38-44,47-50H,3-4,6,8,11,14,17-20,22-23,25-30,33-37H2,1-2H3,(H,56,57)(H2,53,54,55)/b7-5-,10-9-,13-12-,16-15-,24-21+,32-31+/t38-,39-,40+,41+,42+,43-,44+/m0/s1. The van der Waals surface area contributed by atoms with Crippen LogP contribution in [-0.4, -0.2) is 104 Å². The lowest BCUT2D eigenvalue weighted by Crippen LogP contribution is -2.29. The fourth-order valence-electron chi connectivity index (χ4n) is 6.63. The number of hydrogen-bond donors (Lipinski definition) is 7. The summed E-state index contributed by atoms with van der Waals surface area (Å²) in [6.07, 6.45) is 32.7. The highest BCUT2D eigenvalue weighted by Crippen LogP contribution is 2.44. The van der Waals surface area contributed by atoms with Gasteiger partial charge in [0.1, 0.15) is 12.7 Å². The monoisotopic (exact) mass is 948 g/mol. The molecule has 64 heavy (non-hydrogen) atoms. The summed E-state index contributed by atoms with van der Waals surface area (Å²) in [6.45, 7) is 1.23. The van der Waals surface area contributed by atoms with Crippen LogP contribution >= 0.6 is 15.6 Å². The van der Waals surface area contributed by atoms with E-state index in [2.05, 4.69) is 71.5 Å². The van der Waals surface area contributed by atoms with Gasteiger partial charge in [-0.05, 0) is 76.5 Å². The maximum Gasteiger partial charge on any atom is 0.472 e. The summed E-state index contributed by atoms with van der Waals surface area (Å²) in [5.74, 6) is -1.78. The summed E-state index contributed by atoms with van der Waals surface area (Å²) in [5.41, 5.74) is 0. The fraction of sp³-hybridized carbons (Fsp3) is 0.696. The summed E-state index contributed by atoms with van der Waals surface area (Å²) >= 11 is 0. The van der Waals surface area contributed by atoms with Gasteiger partial charge in [-0.2, -0.15) is 0 Å². The number of carbonyl (C=O) groups excluding carboxylic acids is 2. The van der Waals surface area contributed by atoms with Crippen LogP contribution in [0.4, 0.5) is 0 Å². The molecule has 0 aromatic carbocycles. The Morgan fingerprint density at radius 3 is 1.92 bits per heavy atom. The third-order valence-corrected chi connectivity index (χ3v) is 11.6. The summed E-state index contributed by atoms with van der Waals surface area (Å²) in [5, 5.41) is 41.1. The van der Waals surface area contributed by atoms with Crippen LogP contribution in [0.1, 0.15) is 136 Å². The number of ether oxygens (including phenoxy) is 2. The minimum Gasteiger partial charge on any atom is -0.462 e. The Labute approximate surface area is 381 Å². The highest BCUT2D eigenvalue weighted by Gasteiger charge is 2.39. The highest BCUT2D eigenvalue weighted by atomic mass is 31.2. The Balaban J connectivity index is 2.58. The van der Waals surface area contributed by atoms with Crippen LogP contribution in [0.3, 0.4) is 0 Å². The first-order valence-electron chi connectivity index (χ1n) is 22.9. The molecule has 1 unspecified atom stereocenters. The molecule has 8 atom stereocenters. The number of aliphatic hydroxyl groups is 4. The van der Waals surface area contributed by atoms with E-state index in [1.807, 2.05) is 12.2 Å². The molecule has 0 heterocycles. The lowest BCUT2D eigenvalue weighted by molar-refractivity contribution is -0.161. The molecule has 1 aliphatic rings. The van der Waals surface area contributed by atoms with Crippen molar-refractivity contribution in [2.75, 3.05) is 26.4 Å². The van der Waals surface area contributed by atoms with Gasteiger partial charge < -0.3 is 44.6 Å². The molecule has 0 saturated heterocycles. The lowest BCUT2D eigenvalue weighted by Gasteiger charge is -2.20. The molecule has 0 spiro atoms. The van der Waals surface area contributed by atoms with E-state index in [4.69, 9.17) is 23.8 Å². The Morgan fingerprint density at radius 2 is 1.25 bits per heavy atom. The number of allylic oxidation sites excluding steroid dienone is 10. The number of rotatable bonds is 38. The number of unbranched alkanes of at least 4 members (excludes halogenated alkanes) is 7. The first-order valence-corrected chi connectivity index (χ1v) is 25.9. The molecule has 368 valence electrons. The number of hydrogen-bond acceptors (Lipinski definition) is 13. The van der Waals surface area contributed by atoms with Crippen LogP contribution in [-0.2, 0) is 41.8 Å². The van der Waals surface area contributed by atoms with Gasteiger partial charge >= 0.3 is 27.6 Å². The smallest absolute Gasteiger partial charge is 0.462 e. The van der Waals surface area contributed by atoms with Crippen LogP contribution in [0, 0.1) is 11.8 Å². The van der Waals surface area contributed by atoms with Crippen LogP contribution in [0.15, 0.2) is 72.9 Å². The topological polar surface area (TPSA) is 256 Å². The van der Waals surface area contributed by atoms with E-state index >= 15 is 0 Å². The molecule has 0 amide bonds. The summed E-state index contributed by atoms with van der Waals surface area (Å²) in [4.78, 5) is 53.0. The molecule has 0 radical (unpaired) electrons. The van der Waals surface area contributed by atoms with E-state index in [-0.39, 0.29) is 31.1 Å². The van der Waals surface area contributed by atoms with Gasteiger partial charge in [0.25, 0.3) is 0 Å². The molecule has 7 N–H and O–H groups in total. The van der Waals surface area contributed by atoms with Crippen molar-refractivity contribution in [2.45, 2.75) is 166 Å². The van der Waals surface area contributed by atoms with Crippen molar-refractivity contribution in [3.63, 3.8) is 0 Å². The van der Waals surface area contributed by atoms with Crippen LogP contribution in [0.25, 0.3) is 0 Å². The molecular formula is C46H78O16P2. The van der Waals surface area contributed by atoms with Gasteiger partial charge in [-0.25, -0.2) is 9.13 Å². The van der Waals surface area contributed by atoms with E-state index in [0.717, 1.165) is 70.6 Å². The molecule has 0 aromatic heterocycles. The second kappa shape index (κ2) is 36.5. The predicted octanol–water partition coefficient (Wildman–Crippen LogP) is 8.16. The maximum absolute atomic E-state index is 12.8. The van der Waals surface area contributed by atoms with Crippen molar-refractivity contribution in [1.82, 2.24) is 0 Å². The molecule has 1 aliphatic carbocycles. The molecular weight excluding hydrogens is 870 g/mol. The van der Waals surface area contributed by atoms with Crippen molar-refractivity contribution in [3.05, 3.63) is 72.9 Å². The molecule has 0 aromatic rings. The molecule has 1 saturated carbocycles. The lowest BCUT2D eigenvalue weighted by atomic mass is 9.89. The van der Waals surface area contributed by atoms with Crippen molar-refractivity contribution < 1.29 is 76.9 Å². The highest BCUT2D eigenvalue weighted by molar-refractivity contribution is 7.47.